The highest BCUT2D eigenvalue weighted by Gasteiger charge is 2.32. The van der Waals surface area contributed by atoms with Crippen molar-refractivity contribution >= 4 is 49.6 Å². The summed E-state index contributed by atoms with van der Waals surface area (Å²) in [7, 11) is -8.27. The molecule has 0 aliphatic heterocycles. The number of carbonyl (C=O) groups excluding carboxylic acids is 4. The number of carbonyl (C=O) groups is 4. The summed E-state index contributed by atoms with van der Waals surface area (Å²) < 4.78 is 63.3. The quantitative estimate of drug-likeness (QED) is 0.0629. The first-order valence-corrected chi connectivity index (χ1v) is 15.9. The molecule has 16 nitrogen and oxygen atoms in total. The summed E-state index contributed by atoms with van der Waals surface area (Å²) in [6.45, 7) is 3.09. The lowest BCUT2D eigenvalue weighted by Crippen LogP contribution is -2.58. The molecule has 0 heterocycles. The molecule has 232 valence electrons. The van der Waals surface area contributed by atoms with Gasteiger partial charge in [-0.05, 0) is 57.0 Å². The SMILES string of the molecule is CCCNc1ccc(C(=O)NCCCC[C@H](NC(=O)[C@H](CS(=O)(=O)O)NC(=O)[C@H](CS(=O)(=O)O)NC)C(N)=O)cc1. The largest absolute Gasteiger partial charge is 0.385 e. The van der Waals surface area contributed by atoms with Gasteiger partial charge in [-0.15, -0.1) is 0 Å². The van der Waals surface area contributed by atoms with Crippen LogP contribution >= 0.6 is 0 Å². The molecule has 0 bridgehead atoms. The van der Waals surface area contributed by atoms with Crippen LogP contribution in [0.5, 0.6) is 0 Å². The van der Waals surface area contributed by atoms with Gasteiger partial charge in [0, 0.05) is 24.3 Å². The fourth-order valence-corrected chi connectivity index (χ4v) is 4.91. The highest BCUT2D eigenvalue weighted by molar-refractivity contribution is 7.86. The van der Waals surface area contributed by atoms with E-state index >= 15 is 0 Å². The Bertz CT molecular complexity index is 1260. The van der Waals surface area contributed by atoms with Crippen LogP contribution in [0.1, 0.15) is 43.0 Å². The number of hydrogen-bond acceptors (Lipinski definition) is 10. The van der Waals surface area contributed by atoms with Gasteiger partial charge >= 0.3 is 0 Å². The van der Waals surface area contributed by atoms with Gasteiger partial charge in [-0.2, -0.15) is 16.8 Å². The molecule has 9 N–H and O–H groups in total. The molecule has 1 aromatic carbocycles. The number of amides is 4. The number of hydrogen-bond donors (Lipinski definition) is 8. The van der Waals surface area contributed by atoms with E-state index in [1.165, 1.54) is 7.05 Å². The maximum absolute atomic E-state index is 12.7. The predicted octanol–water partition coefficient (Wildman–Crippen LogP) is -1.77. The van der Waals surface area contributed by atoms with Crippen molar-refractivity contribution in [1.82, 2.24) is 21.3 Å². The Morgan fingerprint density at radius 1 is 0.829 bits per heavy atom. The Morgan fingerprint density at radius 3 is 1.88 bits per heavy atom. The molecule has 1 rings (SSSR count). The van der Waals surface area contributed by atoms with Crippen LogP contribution in [0.15, 0.2) is 24.3 Å². The molecule has 1 aromatic rings. The summed E-state index contributed by atoms with van der Waals surface area (Å²) in [6.07, 6.45) is 1.66. The van der Waals surface area contributed by atoms with E-state index in [4.69, 9.17) is 10.3 Å². The molecule has 0 aliphatic rings. The average molecular weight is 623 g/mol. The minimum absolute atomic E-state index is 0.00315. The van der Waals surface area contributed by atoms with Crippen molar-refractivity contribution < 1.29 is 45.1 Å². The molecule has 0 aliphatic carbocycles. The third-order valence-corrected chi connectivity index (χ3v) is 7.15. The Morgan fingerprint density at radius 2 is 1.37 bits per heavy atom. The van der Waals surface area contributed by atoms with Crippen molar-refractivity contribution in [3.05, 3.63) is 29.8 Å². The monoisotopic (exact) mass is 622 g/mol. The van der Waals surface area contributed by atoms with Crippen LogP contribution in [0.3, 0.4) is 0 Å². The number of benzene rings is 1. The van der Waals surface area contributed by atoms with Gasteiger partial charge in [0.15, 0.2) is 0 Å². The zero-order valence-electron chi connectivity index (χ0n) is 22.8. The van der Waals surface area contributed by atoms with Crippen molar-refractivity contribution in [3.8, 4) is 0 Å². The van der Waals surface area contributed by atoms with E-state index in [2.05, 4.69) is 21.3 Å². The summed E-state index contributed by atoms with van der Waals surface area (Å²) in [5, 5.41) is 12.4. The number of unbranched alkanes of at least 4 members (excludes halogenated alkanes) is 1. The Hall–Kier alpha value is -3.32. The van der Waals surface area contributed by atoms with Crippen molar-refractivity contribution in [2.75, 3.05) is 37.0 Å². The summed E-state index contributed by atoms with van der Waals surface area (Å²) in [4.78, 5) is 49.3. The molecule has 0 saturated heterocycles. The van der Waals surface area contributed by atoms with Crippen molar-refractivity contribution in [2.24, 2.45) is 5.73 Å². The number of rotatable bonds is 19. The normalized spacial score (nSPS) is 13.9. The number of anilines is 1. The molecule has 0 saturated carbocycles. The maximum atomic E-state index is 12.7. The van der Waals surface area contributed by atoms with E-state index in [0.29, 0.717) is 18.4 Å². The van der Waals surface area contributed by atoms with Gasteiger partial charge in [0.05, 0.1) is 5.75 Å². The van der Waals surface area contributed by atoms with Gasteiger partial charge in [0.25, 0.3) is 26.1 Å². The first-order chi connectivity index (χ1) is 19.1. The third-order valence-electron chi connectivity index (χ3n) is 5.64. The van der Waals surface area contributed by atoms with E-state index in [-0.39, 0.29) is 18.9 Å². The highest BCUT2D eigenvalue weighted by atomic mass is 32.2. The lowest BCUT2D eigenvalue weighted by Gasteiger charge is -2.23. The van der Waals surface area contributed by atoms with Gasteiger partial charge in [0.1, 0.15) is 23.9 Å². The summed E-state index contributed by atoms with van der Waals surface area (Å²) in [5.41, 5.74) is 6.69. The third kappa shape index (κ3) is 14.8. The minimum atomic E-state index is -4.82. The summed E-state index contributed by atoms with van der Waals surface area (Å²) >= 11 is 0. The van der Waals surface area contributed by atoms with Crippen LogP contribution in [0, 0.1) is 0 Å². The van der Waals surface area contributed by atoms with Gasteiger partial charge < -0.3 is 32.3 Å². The lowest BCUT2D eigenvalue weighted by atomic mass is 10.1. The van der Waals surface area contributed by atoms with Crippen molar-refractivity contribution in [1.29, 1.82) is 0 Å². The highest BCUT2D eigenvalue weighted by Crippen LogP contribution is 2.10. The van der Waals surface area contributed by atoms with Crippen LogP contribution in [0.2, 0.25) is 0 Å². The van der Waals surface area contributed by atoms with Gasteiger partial charge in [0.2, 0.25) is 17.7 Å². The smallest absolute Gasteiger partial charge is 0.267 e. The van der Waals surface area contributed by atoms with Crippen molar-refractivity contribution in [3.63, 3.8) is 0 Å². The zero-order valence-corrected chi connectivity index (χ0v) is 24.4. The molecule has 0 radical (unpaired) electrons. The fraction of sp³-hybridized carbons (Fsp3) is 0.565. The van der Waals surface area contributed by atoms with E-state index in [9.17, 15) is 40.6 Å². The average Bonchev–Trinajstić information content (AvgIpc) is 2.87. The van der Waals surface area contributed by atoms with E-state index in [1.807, 2.05) is 12.2 Å². The molecule has 41 heavy (non-hydrogen) atoms. The zero-order chi connectivity index (χ0) is 31.2. The van der Waals surface area contributed by atoms with Crippen LogP contribution < -0.4 is 32.3 Å². The van der Waals surface area contributed by atoms with Crippen LogP contribution in [-0.4, -0.2) is 99.3 Å². The van der Waals surface area contributed by atoms with E-state index in [1.54, 1.807) is 24.3 Å². The molecule has 4 amide bonds. The number of likely N-dealkylation sites (N-methyl/N-ethyl adjacent to an activating group) is 1. The van der Waals surface area contributed by atoms with Crippen LogP contribution in [0.25, 0.3) is 0 Å². The first-order valence-electron chi connectivity index (χ1n) is 12.7. The van der Waals surface area contributed by atoms with Crippen LogP contribution in [0.4, 0.5) is 5.69 Å². The summed E-state index contributed by atoms with van der Waals surface area (Å²) in [6, 6.07) is 2.13. The molecule has 18 heteroatoms. The fourth-order valence-electron chi connectivity index (χ4n) is 3.51. The van der Waals surface area contributed by atoms with E-state index < -0.39 is 67.6 Å². The van der Waals surface area contributed by atoms with Crippen molar-refractivity contribution in [2.45, 2.75) is 50.7 Å². The molecular formula is C23H38N6O10S2. The summed E-state index contributed by atoms with van der Waals surface area (Å²) in [5.74, 6) is -6.00. The van der Waals surface area contributed by atoms with Gasteiger partial charge in [-0.25, -0.2) is 0 Å². The maximum Gasteiger partial charge on any atom is 0.267 e. The predicted molar refractivity (Wildman–Crippen MR) is 150 cm³/mol. The molecule has 3 atom stereocenters. The topological polar surface area (TPSA) is 263 Å². The van der Waals surface area contributed by atoms with Crippen LogP contribution in [-0.2, 0) is 34.6 Å². The van der Waals surface area contributed by atoms with E-state index in [0.717, 1.165) is 18.7 Å². The Balaban J connectivity index is 2.70. The molecular weight excluding hydrogens is 584 g/mol. The number of primary amides is 1. The van der Waals surface area contributed by atoms with Gasteiger partial charge in [-0.1, -0.05) is 6.92 Å². The molecule has 0 spiro atoms. The second-order valence-corrected chi connectivity index (χ2v) is 12.1. The standard InChI is InChI=1S/C23H38N6O10S2/c1-3-11-26-16-9-7-15(8-10-16)21(31)27-12-5-4-6-17(20(24)30)28-23(33)19(14-41(37,38)39)29-22(32)18(25-2)13-40(34,35)36/h7-10,17-19,25-26H,3-6,11-14H2,1-2H3,(H2,24,30)(H,27,31)(H,28,33)(H,29,32)(H,34,35,36)(H,37,38,39)/t17-,18-,19-/m0/s1. The second kappa shape index (κ2) is 16.8. The number of nitrogens with two attached hydrogens (primary N) is 1. The molecule has 0 aromatic heterocycles. The lowest BCUT2D eigenvalue weighted by molar-refractivity contribution is -0.131. The molecule has 0 fully saturated rings. The second-order valence-electron chi connectivity index (χ2n) is 9.12. The number of nitrogens with one attached hydrogen (secondary N) is 5. The first kappa shape index (κ1) is 35.7. The Kier molecular flexibility index (Phi) is 14.7. The minimum Gasteiger partial charge on any atom is -0.385 e. The Labute approximate surface area is 239 Å². The van der Waals surface area contributed by atoms with Gasteiger partial charge in [-0.3, -0.25) is 28.3 Å². The molecule has 0 unspecified atom stereocenters.